The molecule has 2 aromatic rings. The van der Waals surface area contributed by atoms with Crippen LogP contribution in [0.15, 0.2) is 22.8 Å². The van der Waals surface area contributed by atoms with E-state index in [2.05, 4.69) is 15.5 Å². The number of furan rings is 1. The Balaban J connectivity index is 1.62. The van der Waals surface area contributed by atoms with Crippen LogP contribution in [0.4, 0.5) is 9.93 Å². The van der Waals surface area contributed by atoms with Crippen LogP contribution in [-0.2, 0) is 4.79 Å². The lowest BCUT2D eigenvalue weighted by atomic mass is 10.1. The molecule has 0 aromatic carbocycles. The molecule has 0 bridgehead atoms. The Morgan fingerprint density at radius 1 is 1.48 bits per heavy atom. The smallest absolute Gasteiger partial charge is 0.323 e. The Morgan fingerprint density at radius 2 is 2.33 bits per heavy atom. The zero-order valence-electron chi connectivity index (χ0n) is 11.0. The van der Waals surface area contributed by atoms with Gasteiger partial charge in [0.05, 0.1) is 12.2 Å². The average Bonchev–Trinajstić information content (AvgIpc) is 3.19. The molecule has 1 fully saturated rings. The highest BCUT2D eigenvalue weighted by Gasteiger charge is 2.30. The van der Waals surface area contributed by atoms with Gasteiger partial charge in [-0.3, -0.25) is 10.1 Å². The van der Waals surface area contributed by atoms with Crippen molar-refractivity contribution < 1.29 is 14.0 Å². The van der Waals surface area contributed by atoms with Gasteiger partial charge in [0.1, 0.15) is 0 Å². The van der Waals surface area contributed by atoms with Crippen molar-refractivity contribution in [1.29, 1.82) is 0 Å². The average molecular weight is 307 g/mol. The fourth-order valence-electron chi connectivity index (χ4n) is 2.12. The van der Waals surface area contributed by atoms with E-state index in [1.807, 2.05) is 0 Å². The maximum Gasteiger partial charge on any atom is 0.323 e. The highest BCUT2D eigenvalue weighted by Crippen LogP contribution is 2.27. The summed E-state index contributed by atoms with van der Waals surface area (Å²) in [5.41, 5.74) is 5.24. The summed E-state index contributed by atoms with van der Waals surface area (Å²) in [5.74, 6) is -0.0480. The number of carbonyl (C=O) groups excluding carboxylic acids is 2. The van der Waals surface area contributed by atoms with Gasteiger partial charge in [-0.2, -0.15) is 0 Å². The minimum absolute atomic E-state index is 0.274. The Bertz CT molecular complexity index is 654. The van der Waals surface area contributed by atoms with Crippen LogP contribution < -0.4 is 11.1 Å². The van der Waals surface area contributed by atoms with Gasteiger partial charge in [0.15, 0.2) is 10.8 Å². The van der Waals surface area contributed by atoms with E-state index in [1.54, 1.807) is 23.3 Å². The van der Waals surface area contributed by atoms with Crippen molar-refractivity contribution in [3.05, 3.63) is 18.4 Å². The summed E-state index contributed by atoms with van der Waals surface area (Å²) in [7, 11) is 0. The van der Waals surface area contributed by atoms with Gasteiger partial charge in [0.2, 0.25) is 11.0 Å². The van der Waals surface area contributed by atoms with Crippen molar-refractivity contribution >= 4 is 28.4 Å². The number of urea groups is 1. The van der Waals surface area contributed by atoms with E-state index >= 15 is 0 Å². The summed E-state index contributed by atoms with van der Waals surface area (Å²) in [6.07, 6.45) is 2.14. The van der Waals surface area contributed by atoms with Crippen molar-refractivity contribution in [2.75, 3.05) is 18.4 Å². The first-order valence-corrected chi connectivity index (χ1v) is 7.18. The third kappa shape index (κ3) is 2.87. The van der Waals surface area contributed by atoms with Crippen LogP contribution >= 0.6 is 11.3 Å². The number of nitrogens with one attached hydrogen (secondary N) is 1. The summed E-state index contributed by atoms with van der Waals surface area (Å²) >= 11 is 1.22. The molecule has 3 rings (SSSR count). The molecule has 0 radical (unpaired) electrons. The Labute approximate surface area is 123 Å². The van der Waals surface area contributed by atoms with Crippen molar-refractivity contribution in [1.82, 2.24) is 15.1 Å². The first-order valence-electron chi connectivity index (χ1n) is 6.36. The number of hydrogen-bond donors (Lipinski definition) is 2. The number of aromatic nitrogens is 2. The van der Waals surface area contributed by atoms with Crippen molar-refractivity contribution in [2.45, 2.75) is 6.42 Å². The number of likely N-dealkylation sites (tertiary alicyclic amines) is 1. The molecular formula is C12H13N5O3S. The third-order valence-corrected chi connectivity index (χ3v) is 4.10. The van der Waals surface area contributed by atoms with Gasteiger partial charge in [-0.25, -0.2) is 4.79 Å². The van der Waals surface area contributed by atoms with E-state index in [0.717, 1.165) is 0 Å². The topological polar surface area (TPSA) is 114 Å². The third-order valence-electron chi connectivity index (χ3n) is 3.25. The summed E-state index contributed by atoms with van der Waals surface area (Å²) in [4.78, 5) is 24.7. The minimum atomic E-state index is -0.374. The monoisotopic (exact) mass is 307 g/mol. The van der Waals surface area contributed by atoms with Crippen LogP contribution in [0.1, 0.15) is 6.42 Å². The lowest BCUT2D eigenvalue weighted by molar-refractivity contribution is -0.121. The number of carbonyl (C=O) groups is 2. The molecule has 0 aliphatic carbocycles. The molecule has 9 heteroatoms. The lowest BCUT2D eigenvalue weighted by Crippen LogP contribution is -2.34. The first-order chi connectivity index (χ1) is 10.1. The van der Waals surface area contributed by atoms with Crippen LogP contribution in [0.3, 0.4) is 0 Å². The van der Waals surface area contributed by atoms with E-state index in [1.165, 1.54) is 11.3 Å². The second-order valence-electron chi connectivity index (χ2n) is 4.65. The summed E-state index contributed by atoms with van der Waals surface area (Å²) in [6.45, 7) is 0.842. The van der Waals surface area contributed by atoms with Gasteiger partial charge in [-0.05, 0) is 18.6 Å². The number of anilines is 1. The highest BCUT2D eigenvalue weighted by molar-refractivity contribution is 7.18. The second kappa shape index (κ2) is 5.52. The van der Waals surface area contributed by atoms with Gasteiger partial charge in [0.25, 0.3) is 0 Å². The molecule has 8 nitrogen and oxygen atoms in total. The van der Waals surface area contributed by atoms with E-state index in [4.69, 9.17) is 10.2 Å². The number of nitrogens with two attached hydrogens (primary N) is 1. The molecule has 110 valence electrons. The van der Waals surface area contributed by atoms with Gasteiger partial charge in [-0.15, -0.1) is 10.2 Å². The largest absolute Gasteiger partial charge is 0.462 e. The number of nitrogens with zero attached hydrogens (tertiary/aromatic N) is 3. The molecule has 3 N–H and O–H groups in total. The predicted molar refractivity (Wildman–Crippen MR) is 75.5 cm³/mol. The zero-order valence-corrected chi connectivity index (χ0v) is 11.8. The highest BCUT2D eigenvalue weighted by atomic mass is 32.1. The Kier molecular flexibility index (Phi) is 3.57. The minimum Gasteiger partial charge on any atom is -0.462 e. The quantitative estimate of drug-likeness (QED) is 0.882. The fraction of sp³-hybridized carbons (Fsp3) is 0.333. The molecule has 21 heavy (non-hydrogen) atoms. The van der Waals surface area contributed by atoms with Crippen LogP contribution in [0, 0.1) is 5.92 Å². The number of amides is 3. The summed E-state index contributed by atoms with van der Waals surface area (Å²) < 4.78 is 5.21. The van der Waals surface area contributed by atoms with Crippen LogP contribution in [0.2, 0.25) is 0 Å². The summed E-state index contributed by atoms with van der Waals surface area (Å²) in [5, 5.41) is 11.5. The molecule has 1 atom stereocenters. The molecule has 0 unspecified atom stereocenters. The first kappa shape index (κ1) is 13.6. The summed E-state index contributed by atoms with van der Waals surface area (Å²) in [6, 6.07) is 3.22. The van der Waals surface area contributed by atoms with Crippen LogP contribution in [0.5, 0.6) is 0 Å². The standard InChI is InChI=1S/C12H13N5O3S/c13-9(18)7-3-4-17(6-7)12(19)14-11-16-15-10(21-11)8-2-1-5-20-8/h1-2,5,7H,3-4,6H2,(H2,13,18)(H,14,16,19)/t7-/m1/s1. The van der Waals surface area contributed by atoms with Crippen molar-refractivity contribution in [2.24, 2.45) is 11.7 Å². The van der Waals surface area contributed by atoms with E-state index in [0.29, 0.717) is 35.4 Å². The van der Waals surface area contributed by atoms with Crippen LogP contribution in [0.25, 0.3) is 10.8 Å². The maximum absolute atomic E-state index is 12.1. The fourth-order valence-corrected chi connectivity index (χ4v) is 2.82. The normalized spacial score (nSPS) is 17.9. The molecular weight excluding hydrogens is 294 g/mol. The SMILES string of the molecule is NC(=O)[C@@H]1CCN(C(=O)Nc2nnc(-c3ccco3)s2)C1. The van der Waals surface area contributed by atoms with E-state index in [9.17, 15) is 9.59 Å². The zero-order chi connectivity index (χ0) is 14.8. The number of rotatable bonds is 3. The van der Waals surface area contributed by atoms with Gasteiger partial charge in [0, 0.05) is 13.1 Å². The Hall–Kier alpha value is -2.42. The predicted octanol–water partition coefficient (Wildman–Crippen LogP) is 1.14. The number of hydrogen-bond acceptors (Lipinski definition) is 6. The van der Waals surface area contributed by atoms with Gasteiger partial charge in [-0.1, -0.05) is 11.3 Å². The Morgan fingerprint density at radius 3 is 3.00 bits per heavy atom. The van der Waals surface area contributed by atoms with E-state index < -0.39 is 0 Å². The van der Waals surface area contributed by atoms with E-state index in [-0.39, 0.29) is 17.9 Å². The second-order valence-corrected chi connectivity index (χ2v) is 5.63. The molecule has 1 aliphatic heterocycles. The number of primary amides is 1. The molecule has 2 aromatic heterocycles. The van der Waals surface area contributed by atoms with Crippen molar-refractivity contribution in [3.8, 4) is 10.8 Å². The molecule has 3 heterocycles. The molecule has 1 aliphatic rings. The maximum atomic E-state index is 12.1. The molecule has 0 saturated carbocycles. The lowest BCUT2D eigenvalue weighted by Gasteiger charge is -2.15. The van der Waals surface area contributed by atoms with Crippen LogP contribution in [-0.4, -0.2) is 40.1 Å². The van der Waals surface area contributed by atoms with Gasteiger partial charge < -0.3 is 15.1 Å². The molecule has 1 saturated heterocycles. The molecule has 3 amide bonds. The molecule has 0 spiro atoms. The van der Waals surface area contributed by atoms with Crippen molar-refractivity contribution in [3.63, 3.8) is 0 Å². The van der Waals surface area contributed by atoms with Gasteiger partial charge >= 0.3 is 6.03 Å².